The molecule has 17 heavy (non-hydrogen) atoms. The Bertz CT molecular complexity index is 424. The zero-order valence-corrected chi connectivity index (χ0v) is 11.6. The maximum Gasteiger partial charge on any atom is 0.123 e. The van der Waals surface area contributed by atoms with Gasteiger partial charge < -0.3 is 0 Å². The van der Waals surface area contributed by atoms with E-state index >= 15 is 0 Å². The highest BCUT2D eigenvalue weighted by Gasteiger charge is 2.35. The molecule has 94 valence electrons. The van der Waals surface area contributed by atoms with Crippen LogP contribution in [0.15, 0.2) is 18.2 Å². The highest BCUT2D eigenvalue weighted by atomic mass is 19.1. The van der Waals surface area contributed by atoms with Crippen molar-refractivity contribution < 1.29 is 4.39 Å². The molecule has 0 amide bonds. The first-order valence-electron chi connectivity index (χ1n) is 6.47. The summed E-state index contributed by atoms with van der Waals surface area (Å²) in [5, 5.41) is 0. The van der Waals surface area contributed by atoms with Crippen LogP contribution in [0.4, 0.5) is 4.39 Å². The standard InChI is InChI=1S/C16H23F/c1-15(2,3)14-10-16(4,5)9-11-6-12(14)8-13(17)7-11/h6-8,14H,9-10H2,1-5H3. The molecule has 0 radical (unpaired) electrons. The van der Waals surface area contributed by atoms with Gasteiger partial charge >= 0.3 is 0 Å². The Morgan fingerprint density at radius 3 is 2.41 bits per heavy atom. The molecule has 0 spiro atoms. The number of rotatable bonds is 0. The third kappa shape index (κ3) is 2.70. The Labute approximate surface area is 104 Å². The van der Waals surface area contributed by atoms with Crippen LogP contribution in [-0.2, 0) is 6.42 Å². The lowest BCUT2D eigenvalue weighted by Gasteiger charge is -2.35. The van der Waals surface area contributed by atoms with Gasteiger partial charge in [0.05, 0.1) is 0 Å². The van der Waals surface area contributed by atoms with Gasteiger partial charge in [0.25, 0.3) is 0 Å². The zero-order chi connectivity index (χ0) is 12.8. The van der Waals surface area contributed by atoms with Gasteiger partial charge in [-0.15, -0.1) is 0 Å². The van der Waals surface area contributed by atoms with Crippen molar-refractivity contribution in [2.45, 2.75) is 53.4 Å². The molecule has 0 fully saturated rings. The Balaban J connectivity index is 2.53. The molecule has 0 nitrogen and oxygen atoms in total. The Morgan fingerprint density at radius 2 is 1.82 bits per heavy atom. The molecule has 0 aromatic heterocycles. The summed E-state index contributed by atoms with van der Waals surface area (Å²) in [4.78, 5) is 0. The minimum absolute atomic E-state index is 0.0792. The molecule has 0 heterocycles. The van der Waals surface area contributed by atoms with Gasteiger partial charge in [-0.1, -0.05) is 40.7 Å². The van der Waals surface area contributed by atoms with Crippen LogP contribution in [0.2, 0.25) is 0 Å². The average molecular weight is 234 g/mol. The molecule has 0 N–H and O–H groups in total. The van der Waals surface area contributed by atoms with Crippen molar-refractivity contribution in [3.05, 3.63) is 35.1 Å². The van der Waals surface area contributed by atoms with E-state index in [1.165, 1.54) is 5.56 Å². The number of benzene rings is 1. The van der Waals surface area contributed by atoms with Crippen LogP contribution in [0.5, 0.6) is 0 Å². The van der Waals surface area contributed by atoms with Crippen LogP contribution < -0.4 is 0 Å². The van der Waals surface area contributed by atoms with E-state index in [1.54, 1.807) is 12.1 Å². The molecular weight excluding hydrogens is 211 g/mol. The summed E-state index contributed by atoms with van der Waals surface area (Å²) >= 11 is 0. The fourth-order valence-electron chi connectivity index (χ4n) is 3.08. The topological polar surface area (TPSA) is 0 Å². The van der Waals surface area contributed by atoms with Crippen molar-refractivity contribution in [2.24, 2.45) is 10.8 Å². The molecule has 0 saturated heterocycles. The summed E-state index contributed by atoms with van der Waals surface area (Å²) < 4.78 is 13.6. The molecule has 2 rings (SSSR count). The average Bonchev–Trinajstić information content (AvgIpc) is 2.18. The van der Waals surface area contributed by atoms with E-state index in [9.17, 15) is 4.39 Å². The molecule has 2 bridgehead atoms. The van der Waals surface area contributed by atoms with Crippen molar-refractivity contribution in [3.63, 3.8) is 0 Å². The molecule has 1 aliphatic carbocycles. The lowest BCUT2D eigenvalue weighted by molar-refractivity contribution is 0.218. The van der Waals surface area contributed by atoms with E-state index in [1.807, 2.05) is 0 Å². The van der Waals surface area contributed by atoms with Gasteiger partial charge in [-0.2, -0.15) is 0 Å². The van der Waals surface area contributed by atoms with E-state index in [-0.39, 0.29) is 16.6 Å². The molecule has 0 saturated carbocycles. The lowest BCUT2D eigenvalue weighted by atomic mass is 9.69. The third-order valence-corrected chi connectivity index (χ3v) is 3.87. The van der Waals surface area contributed by atoms with Crippen molar-refractivity contribution >= 4 is 0 Å². The third-order valence-electron chi connectivity index (χ3n) is 3.87. The van der Waals surface area contributed by atoms with Crippen LogP contribution in [-0.4, -0.2) is 0 Å². The predicted octanol–water partition coefficient (Wildman–Crippen LogP) is 4.93. The second-order valence-corrected chi connectivity index (χ2v) is 7.36. The summed E-state index contributed by atoms with van der Waals surface area (Å²) in [6.07, 6.45) is 2.10. The van der Waals surface area contributed by atoms with Crippen molar-refractivity contribution in [3.8, 4) is 0 Å². The highest BCUT2D eigenvalue weighted by molar-refractivity contribution is 5.31. The highest BCUT2D eigenvalue weighted by Crippen LogP contribution is 2.46. The van der Waals surface area contributed by atoms with Crippen LogP contribution in [0.3, 0.4) is 0 Å². The van der Waals surface area contributed by atoms with Crippen molar-refractivity contribution in [1.82, 2.24) is 0 Å². The van der Waals surface area contributed by atoms with Gasteiger partial charge in [0.2, 0.25) is 0 Å². The summed E-state index contributed by atoms with van der Waals surface area (Å²) in [5.74, 6) is 0.360. The molecular formula is C16H23F. The summed E-state index contributed by atoms with van der Waals surface area (Å²) in [7, 11) is 0. The number of hydrogen-bond acceptors (Lipinski definition) is 0. The van der Waals surface area contributed by atoms with Crippen LogP contribution in [0.1, 0.15) is 58.1 Å². The molecule has 1 heteroatoms. The van der Waals surface area contributed by atoms with Crippen molar-refractivity contribution in [2.75, 3.05) is 0 Å². The quantitative estimate of drug-likeness (QED) is 0.597. The Morgan fingerprint density at radius 1 is 1.18 bits per heavy atom. The monoisotopic (exact) mass is 234 g/mol. The molecule has 1 aromatic rings. The van der Waals surface area contributed by atoms with Gasteiger partial charge in [-0.3, -0.25) is 0 Å². The van der Waals surface area contributed by atoms with E-state index in [0.29, 0.717) is 5.92 Å². The first kappa shape index (κ1) is 12.6. The maximum absolute atomic E-state index is 13.6. The first-order chi connectivity index (χ1) is 7.67. The second-order valence-electron chi connectivity index (χ2n) is 7.36. The molecule has 0 aliphatic heterocycles. The van der Waals surface area contributed by atoms with E-state index in [0.717, 1.165) is 18.4 Å². The summed E-state index contributed by atoms with van der Waals surface area (Å²) in [6.45, 7) is 11.3. The van der Waals surface area contributed by atoms with Crippen LogP contribution >= 0.6 is 0 Å². The minimum atomic E-state index is -0.0792. The van der Waals surface area contributed by atoms with Gasteiger partial charge in [0.1, 0.15) is 5.82 Å². The van der Waals surface area contributed by atoms with E-state index in [4.69, 9.17) is 0 Å². The molecule has 1 aromatic carbocycles. The predicted molar refractivity (Wildman–Crippen MR) is 70.7 cm³/mol. The SMILES string of the molecule is CC1(C)Cc2cc(F)cc(c2)C(C(C)(C)C)C1. The normalized spacial score (nSPS) is 23.3. The fraction of sp³-hybridized carbons (Fsp3) is 0.625. The largest absolute Gasteiger partial charge is 0.207 e. The summed E-state index contributed by atoms with van der Waals surface area (Å²) in [5.41, 5.74) is 2.77. The fourth-order valence-corrected chi connectivity index (χ4v) is 3.08. The first-order valence-corrected chi connectivity index (χ1v) is 6.47. The molecule has 1 unspecified atom stereocenters. The van der Waals surface area contributed by atoms with Crippen LogP contribution in [0, 0.1) is 16.6 Å². The van der Waals surface area contributed by atoms with Crippen LogP contribution in [0.25, 0.3) is 0 Å². The Hall–Kier alpha value is -0.850. The Kier molecular flexibility index (Phi) is 2.84. The van der Waals surface area contributed by atoms with Gasteiger partial charge in [0.15, 0.2) is 0 Å². The van der Waals surface area contributed by atoms with Gasteiger partial charge in [-0.25, -0.2) is 4.39 Å². The van der Waals surface area contributed by atoms with Gasteiger partial charge in [0, 0.05) is 0 Å². The van der Waals surface area contributed by atoms with Gasteiger partial charge in [-0.05, 0) is 52.8 Å². The number of hydrogen-bond donors (Lipinski definition) is 0. The molecule has 1 atom stereocenters. The molecule has 1 aliphatic rings. The lowest BCUT2D eigenvalue weighted by Crippen LogP contribution is -2.24. The van der Waals surface area contributed by atoms with E-state index < -0.39 is 0 Å². The van der Waals surface area contributed by atoms with E-state index in [2.05, 4.69) is 40.7 Å². The number of halogens is 1. The maximum atomic E-state index is 13.6. The summed E-state index contributed by atoms with van der Waals surface area (Å²) in [6, 6.07) is 5.62. The smallest absolute Gasteiger partial charge is 0.123 e. The van der Waals surface area contributed by atoms with Crippen molar-refractivity contribution in [1.29, 1.82) is 0 Å². The zero-order valence-electron chi connectivity index (χ0n) is 11.6. The minimum Gasteiger partial charge on any atom is -0.207 e. The number of fused-ring (bicyclic) bond motifs is 2. The second kappa shape index (κ2) is 3.83.